The lowest BCUT2D eigenvalue weighted by atomic mass is 10.0. The maximum Gasteiger partial charge on any atom is 0.303 e. The van der Waals surface area contributed by atoms with Gasteiger partial charge in [-0.2, -0.15) is 0 Å². The molecule has 0 fully saturated rings. The van der Waals surface area contributed by atoms with Gasteiger partial charge in [0.15, 0.2) is 0 Å². The number of hydrogen-bond acceptors (Lipinski definition) is 5. The summed E-state index contributed by atoms with van der Waals surface area (Å²) in [5, 5.41) is 16.5. The first-order valence-electron chi connectivity index (χ1n) is 8.74. The SMILES string of the molecule is Cc1cc(C(=O)NC(CCC(=O)O)Cc2ccccc2)c2c(C)noc2n1. The van der Waals surface area contributed by atoms with Crippen LogP contribution in [0.3, 0.4) is 0 Å². The lowest BCUT2D eigenvalue weighted by Gasteiger charge is -2.19. The van der Waals surface area contributed by atoms with Crippen molar-refractivity contribution >= 4 is 23.0 Å². The van der Waals surface area contributed by atoms with Gasteiger partial charge in [-0.15, -0.1) is 0 Å². The number of fused-ring (bicyclic) bond motifs is 1. The van der Waals surface area contributed by atoms with E-state index >= 15 is 0 Å². The fourth-order valence-electron chi connectivity index (χ4n) is 3.08. The number of carbonyl (C=O) groups is 2. The maximum absolute atomic E-state index is 13.0. The van der Waals surface area contributed by atoms with E-state index in [1.807, 2.05) is 30.3 Å². The fourth-order valence-corrected chi connectivity index (χ4v) is 3.08. The number of aryl methyl sites for hydroxylation is 2. The highest BCUT2D eigenvalue weighted by atomic mass is 16.5. The Morgan fingerprint density at radius 3 is 2.67 bits per heavy atom. The molecule has 0 radical (unpaired) electrons. The lowest BCUT2D eigenvalue weighted by Crippen LogP contribution is -2.37. The van der Waals surface area contributed by atoms with Gasteiger partial charge in [-0.3, -0.25) is 9.59 Å². The second-order valence-electron chi connectivity index (χ2n) is 6.55. The zero-order chi connectivity index (χ0) is 19.4. The third-order valence-electron chi connectivity index (χ3n) is 4.36. The van der Waals surface area contributed by atoms with E-state index in [1.165, 1.54) is 0 Å². The average molecular weight is 367 g/mol. The van der Waals surface area contributed by atoms with Crippen molar-refractivity contribution in [1.29, 1.82) is 0 Å². The molecule has 1 amide bonds. The minimum atomic E-state index is -0.890. The van der Waals surface area contributed by atoms with Crippen LogP contribution < -0.4 is 5.32 Å². The summed E-state index contributed by atoms with van der Waals surface area (Å²) < 4.78 is 5.18. The zero-order valence-corrected chi connectivity index (χ0v) is 15.2. The van der Waals surface area contributed by atoms with Gasteiger partial charge in [0.25, 0.3) is 11.6 Å². The van der Waals surface area contributed by atoms with E-state index in [2.05, 4.69) is 15.5 Å². The van der Waals surface area contributed by atoms with Gasteiger partial charge >= 0.3 is 5.97 Å². The molecule has 2 heterocycles. The molecule has 0 aliphatic carbocycles. The Hall–Kier alpha value is -3.22. The predicted octanol–water partition coefficient (Wildman–Crippen LogP) is 3.05. The number of carbonyl (C=O) groups excluding carboxylic acids is 1. The van der Waals surface area contributed by atoms with E-state index in [0.29, 0.717) is 40.9 Å². The number of benzene rings is 1. The predicted molar refractivity (Wildman–Crippen MR) is 99.5 cm³/mol. The molecule has 2 aromatic heterocycles. The minimum Gasteiger partial charge on any atom is -0.481 e. The van der Waals surface area contributed by atoms with Crippen molar-refractivity contribution in [2.75, 3.05) is 0 Å². The van der Waals surface area contributed by atoms with E-state index in [4.69, 9.17) is 9.63 Å². The minimum absolute atomic E-state index is 0.0190. The first-order valence-corrected chi connectivity index (χ1v) is 8.74. The van der Waals surface area contributed by atoms with Crippen molar-refractivity contribution in [2.24, 2.45) is 0 Å². The van der Waals surface area contributed by atoms with Crippen LogP contribution >= 0.6 is 0 Å². The molecule has 0 saturated carbocycles. The molecule has 27 heavy (non-hydrogen) atoms. The van der Waals surface area contributed by atoms with Gasteiger partial charge in [0.2, 0.25) is 0 Å². The number of rotatable bonds is 7. The van der Waals surface area contributed by atoms with Crippen molar-refractivity contribution in [3.05, 3.63) is 58.9 Å². The molecule has 2 N–H and O–H groups in total. The van der Waals surface area contributed by atoms with Gasteiger partial charge in [0, 0.05) is 18.2 Å². The zero-order valence-electron chi connectivity index (χ0n) is 15.2. The summed E-state index contributed by atoms with van der Waals surface area (Å²) in [6, 6.07) is 11.1. The molecule has 0 saturated heterocycles. The summed E-state index contributed by atoms with van der Waals surface area (Å²) in [6.45, 7) is 3.53. The van der Waals surface area contributed by atoms with Gasteiger partial charge in [0.05, 0.1) is 16.6 Å². The summed E-state index contributed by atoms with van der Waals surface area (Å²) in [4.78, 5) is 28.2. The average Bonchev–Trinajstić information content (AvgIpc) is 3.00. The molecule has 0 aliphatic rings. The quantitative estimate of drug-likeness (QED) is 0.665. The van der Waals surface area contributed by atoms with E-state index in [9.17, 15) is 9.59 Å². The second-order valence-corrected chi connectivity index (χ2v) is 6.55. The summed E-state index contributed by atoms with van der Waals surface area (Å²) in [5.41, 5.74) is 3.03. The first kappa shape index (κ1) is 18.6. The second kappa shape index (κ2) is 7.99. The largest absolute Gasteiger partial charge is 0.481 e. The molecular formula is C20H21N3O4. The number of aliphatic carboxylic acids is 1. The van der Waals surface area contributed by atoms with Crippen LogP contribution in [0.15, 0.2) is 40.9 Å². The molecular weight excluding hydrogens is 346 g/mol. The number of nitrogens with zero attached hydrogens (tertiary/aromatic N) is 2. The number of pyridine rings is 1. The molecule has 140 valence electrons. The summed E-state index contributed by atoms with van der Waals surface area (Å²) >= 11 is 0. The van der Waals surface area contributed by atoms with Gasteiger partial charge in [-0.1, -0.05) is 35.5 Å². The molecule has 3 aromatic rings. The van der Waals surface area contributed by atoms with E-state index < -0.39 is 5.97 Å². The van der Waals surface area contributed by atoms with E-state index in [0.717, 1.165) is 5.56 Å². The van der Waals surface area contributed by atoms with Gasteiger partial charge in [-0.05, 0) is 38.3 Å². The van der Waals surface area contributed by atoms with Crippen molar-refractivity contribution in [3.63, 3.8) is 0 Å². The monoisotopic (exact) mass is 367 g/mol. The number of carboxylic acid groups (broad SMARTS) is 1. The standard InChI is InChI=1S/C20H21N3O4/c1-12-10-16(18-13(2)23-27-20(18)21-12)19(26)22-15(8-9-17(24)25)11-14-6-4-3-5-7-14/h3-7,10,15H,8-9,11H2,1-2H3,(H,22,26)(H,24,25). The fraction of sp³-hybridized carbons (Fsp3) is 0.300. The van der Waals surface area contributed by atoms with Crippen LogP contribution in [0.2, 0.25) is 0 Å². The highest BCUT2D eigenvalue weighted by Crippen LogP contribution is 2.22. The number of amides is 1. The summed E-state index contributed by atoms with van der Waals surface area (Å²) in [6.07, 6.45) is 0.871. The molecule has 7 nitrogen and oxygen atoms in total. The summed E-state index contributed by atoms with van der Waals surface area (Å²) in [5.74, 6) is -1.18. The van der Waals surface area contributed by atoms with Gasteiger partial charge in [-0.25, -0.2) is 4.98 Å². The molecule has 0 aliphatic heterocycles. The molecule has 1 unspecified atom stereocenters. The van der Waals surface area contributed by atoms with Crippen LogP contribution in [0.25, 0.3) is 11.1 Å². The number of aromatic nitrogens is 2. The Bertz CT molecular complexity index is 966. The van der Waals surface area contributed by atoms with E-state index in [1.54, 1.807) is 19.9 Å². The van der Waals surface area contributed by atoms with Crippen LogP contribution in [-0.2, 0) is 11.2 Å². The van der Waals surface area contributed by atoms with Crippen molar-refractivity contribution in [2.45, 2.75) is 39.2 Å². The van der Waals surface area contributed by atoms with Crippen LogP contribution in [0, 0.1) is 13.8 Å². The Balaban J connectivity index is 1.85. The number of hydrogen-bond donors (Lipinski definition) is 2. The van der Waals surface area contributed by atoms with Gasteiger partial charge in [0.1, 0.15) is 0 Å². The van der Waals surface area contributed by atoms with Crippen molar-refractivity contribution < 1.29 is 19.2 Å². The van der Waals surface area contributed by atoms with Crippen molar-refractivity contribution in [3.8, 4) is 0 Å². The number of nitrogens with one attached hydrogen (secondary N) is 1. The first-order chi connectivity index (χ1) is 12.9. The third-order valence-corrected chi connectivity index (χ3v) is 4.36. The molecule has 0 spiro atoms. The highest BCUT2D eigenvalue weighted by Gasteiger charge is 2.21. The smallest absolute Gasteiger partial charge is 0.303 e. The summed E-state index contributed by atoms with van der Waals surface area (Å²) in [7, 11) is 0. The topological polar surface area (TPSA) is 105 Å². The van der Waals surface area contributed by atoms with Crippen molar-refractivity contribution in [1.82, 2.24) is 15.5 Å². The molecule has 3 rings (SSSR count). The molecule has 1 aromatic carbocycles. The molecule has 7 heteroatoms. The Kier molecular flexibility index (Phi) is 5.49. The Morgan fingerprint density at radius 1 is 1.22 bits per heavy atom. The van der Waals surface area contributed by atoms with Crippen LogP contribution in [0.1, 0.15) is 40.2 Å². The Labute approximate surface area is 156 Å². The Morgan fingerprint density at radius 2 is 1.96 bits per heavy atom. The van der Waals surface area contributed by atoms with Crippen LogP contribution in [0.4, 0.5) is 0 Å². The molecule has 0 bridgehead atoms. The van der Waals surface area contributed by atoms with Crippen LogP contribution in [-0.4, -0.2) is 33.2 Å². The van der Waals surface area contributed by atoms with Gasteiger partial charge < -0.3 is 14.9 Å². The highest BCUT2D eigenvalue weighted by molar-refractivity contribution is 6.06. The number of carboxylic acids is 1. The van der Waals surface area contributed by atoms with Crippen LogP contribution in [0.5, 0.6) is 0 Å². The third kappa shape index (κ3) is 4.49. The van der Waals surface area contributed by atoms with E-state index in [-0.39, 0.29) is 18.4 Å². The maximum atomic E-state index is 13.0. The lowest BCUT2D eigenvalue weighted by molar-refractivity contribution is -0.137. The molecule has 1 atom stereocenters. The normalized spacial score (nSPS) is 12.1.